The van der Waals surface area contributed by atoms with Crippen LogP contribution in [0.2, 0.25) is 0 Å². The molecular formula is C30H60NO6+. The number of carbonyl (C=O) groups excluding carboxylic acids is 2. The van der Waals surface area contributed by atoms with Crippen LogP contribution in [0.4, 0.5) is 0 Å². The summed E-state index contributed by atoms with van der Waals surface area (Å²) in [5.74, 6) is -0.737. The van der Waals surface area contributed by atoms with E-state index in [1.54, 1.807) is 0 Å². The van der Waals surface area contributed by atoms with Gasteiger partial charge in [-0.1, -0.05) is 90.4 Å². The first-order valence-electron chi connectivity index (χ1n) is 15.0. The maximum atomic E-state index is 11.9. The second-order valence-corrected chi connectivity index (χ2v) is 11.4. The van der Waals surface area contributed by atoms with Gasteiger partial charge < -0.3 is 23.4 Å². The van der Waals surface area contributed by atoms with E-state index in [-0.39, 0.29) is 25.4 Å². The van der Waals surface area contributed by atoms with Crippen molar-refractivity contribution in [1.82, 2.24) is 0 Å². The van der Waals surface area contributed by atoms with E-state index in [9.17, 15) is 9.59 Å². The Hall–Kier alpha value is -1.02. The standard InChI is InChI=1S/C30H60NO6/c1-6-7-8-9-10-11-12-13-14-15-16-17-18-19-21-35-26-29(37-30(33)25-28(2)32)27-36-24-23-34-22-20-31(3,4)5/h29H,6-27H2,1-5H3/q+1. The molecule has 0 aromatic carbocycles. The van der Waals surface area contributed by atoms with Crippen molar-refractivity contribution in [3.05, 3.63) is 0 Å². The lowest BCUT2D eigenvalue weighted by molar-refractivity contribution is -0.870. The first kappa shape index (κ1) is 36.0. The number of carbonyl (C=O) groups is 2. The van der Waals surface area contributed by atoms with Gasteiger partial charge in [0.15, 0.2) is 0 Å². The number of ketones is 1. The van der Waals surface area contributed by atoms with Crippen molar-refractivity contribution in [2.45, 2.75) is 116 Å². The average Bonchev–Trinajstić information content (AvgIpc) is 2.81. The zero-order chi connectivity index (χ0) is 27.6. The Morgan fingerprint density at radius 2 is 1.08 bits per heavy atom. The maximum absolute atomic E-state index is 11.9. The molecule has 0 rings (SSSR count). The Labute approximate surface area is 228 Å². The minimum atomic E-state index is -0.527. The van der Waals surface area contributed by atoms with Crippen LogP contribution in [-0.2, 0) is 28.5 Å². The van der Waals surface area contributed by atoms with Crippen LogP contribution in [0.25, 0.3) is 0 Å². The number of quaternary nitrogens is 1. The molecule has 0 aliphatic heterocycles. The highest BCUT2D eigenvalue weighted by atomic mass is 16.6. The third kappa shape index (κ3) is 29.4. The predicted octanol–water partition coefficient (Wildman–Crippen LogP) is 6.11. The van der Waals surface area contributed by atoms with Crippen LogP contribution in [0.15, 0.2) is 0 Å². The SMILES string of the molecule is CCCCCCCCCCCCCCCCOCC(COCCOCC[N+](C)(C)C)OC(=O)CC(C)=O. The van der Waals surface area contributed by atoms with E-state index in [0.717, 1.165) is 23.9 Å². The zero-order valence-corrected chi connectivity index (χ0v) is 25.0. The molecular weight excluding hydrogens is 470 g/mol. The number of hydrogen-bond donors (Lipinski definition) is 0. The summed E-state index contributed by atoms with van der Waals surface area (Å²) in [6, 6.07) is 0. The van der Waals surface area contributed by atoms with Gasteiger partial charge in [0.2, 0.25) is 0 Å². The van der Waals surface area contributed by atoms with Crippen LogP contribution in [0.3, 0.4) is 0 Å². The molecule has 0 fully saturated rings. The van der Waals surface area contributed by atoms with Gasteiger partial charge in [-0.25, -0.2) is 0 Å². The van der Waals surface area contributed by atoms with Gasteiger partial charge in [-0.05, 0) is 13.3 Å². The molecule has 7 heteroatoms. The molecule has 0 aromatic heterocycles. The van der Waals surface area contributed by atoms with Crippen LogP contribution < -0.4 is 0 Å². The van der Waals surface area contributed by atoms with Gasteiger partial charge in [-0.3, -0.25) is 9.59 Å². The summed E-state index contributed by atoms with van der Waals surface area (Å²) < 4.78 is 23.3. The highest BCUT2D eigenvalue weighted by Crippen LogP contribution is 2.13. The highest BCUT2D eigenvalue weighted by molar-refractivity contribution is 5.94. The molecule has 0 N–H and O–H groups in total. The summed E-state index contributed by atoms with van der Waals surface area (Å²) in [7, 11) is 6.37. The van der Waals surface area contributed by atoms with Gasteiger partial charge in [0, 0.05) is 6.61 Å². The fourth-order valence-corrected chi connectivity index (χ4v) is 3.93. The normalized spacial score (nSPS) is 12.6. The van der Waals surface area contributed by atoms with Crippen LogP contribution in [-0.4, -0.2) is 89.7 Å². The van der Waals surface area contributed by atoms with E-state index in [0.29, 0.717) is 26.4 Å². The number of likely N-dealkylation sites (N-methyl/N-ethyl adjacent to an activating group) is 1. The van der Waals surface area contributed by atoms with Gasteiger partial charge in [0.1, 0.15) is 24.9 Å². The van der Waals surface area contributed by atoms with Gasteiger partial charge in [-0.2, -0.15) is 0 Å². The Kier molecular flexibility index (Phi) is 24.6. The van der Waals surface area contributed by atoms with Crippen LogP contribution in [0, 0.1) is 0 Å². The van der Waals surface area contributed by atoms with Crippen molar-refractivity contribution in [3.63, 3.8) is 0 Å². The third-order valence-electron chi connectivity index (χ3n) is 6.22. The molecule has 0 spiro atoms. The van der Waals surface area contributed by atoms with Crippen molar-refractivity contribution in [2.75, 3.05) is 67.3 Å². The van der Waals surface area contributed by atoms with E-state index < -0.39 is 12.1 Å². The topological polar surface area (TPSA) is 71.1 Å². The summed E-state index contributed by atoms with van der Waals surface area (Å²) in [5.41, 5.74) is 0. The molecule has 37 heavy (non-hydrogen) atoms. The van der Waals surface area contributed by atoms with E-state index in [1.165, 1.54) is 84.0 Å². The van der Waals surface area contributed by atoms with Crippen molar-refractivity contribution < 1.29 is 33.0 Å². The first-order valence-corrected chi connectivity index (χ1v) is 15.0. The molecule has 1 atom stereocenters. The second kappa shape index (κ2) is 25.3. The highest BCUT2D eigenvalue weighted by Gasteiger charge is 2.17. The average molecular weight is 531 g/mol. The molecule has 7 nitrogen and oxygen atoms in total. The Morgan fingerprint density at radius 1 is 0.622 bits per heavy atom. The number of Topliss-reactive ketones (excluding diaryl/α,β-unsaturated/α-hetero) is 1. The minimum absolute atomic E-state index is 0.210. The molecule has 0 saturated heterocycles. The number of esters is 1. The minimum Gasteiger partial charge on any atom is -0.457 e. The summed E-state index contributed by atoms with van der Waals surface area (Å²) in [6.07, 6.45) is 17.8. The molecule has 0 aromatic rings. The van der Waals surface area contributed by atoms with Crippen LogP contribution >= 0.6 is 0 Å². The van der Waals surface area contributed by atoms with Crippen molar-refractivity contribution in [2.24, 2.45) is 0 Å². The number of unbranched alkanes of at least 4 members (excludes halogenated alkanes) is 13. The Bertz CT molecular complexity index is 535. The second-order valence-electron chi connectivity index (χ2n) is 11.4. The number of nitrogens with zero attached hydrogens (tertiary/aromatic N) is 1. The number of rotatable bonds is 28. The van der Waals surface area contributed by atoms with E-state index in [1.807, 2.05) is 0 Å². The maximum Gasteiger partial charge on any atom is 0.313 e. The molecule has 0 aliphatic rings. The smallest absolute Gasteiger partial charge is 0.313 e. The summed E-state index contributed by atoms with van der Waals surface area (Å²) in [5, 5.41) is 0. The lowest BCUT2D eigenvalue weighted by Crippen LogP contribution is -2.37. The Balaban J connectivity index is 3.80. The van der Waals surface area contributed by atoms with Crippen LogP contribution in [0.5, 0.6) is 0 Å². The first-order chi connectivity index (χ1) is 17.7. The Morgan fingerprint density at radius 3 is 1.57 bits per heavy atom. The lowest BCUT2D eigenvalue weighted by Gasteiger charge is -2.23. The van der Waals surface area contributed by atoms with Gasteiger partial charge in [0.05, 0.1) is 54.2 Å². The lowest BCUT2D eigenvalue weighted by atomic mass is 10.0. The quantitative estimate of drug-likeness (QED) is 0.0526. The van der Waals surface area contributed by atoms with Crippen molar-refractivity contribution in [1.29, 1.82) is 0 Å². The van der Waals surface area contributed by atoms with Crippen molar-refractivity contribution >= 4 is 11.8 Å². The van der Waals surface area contributed by atoms with Gasteiger partial charge >= 0.3 is 5.97 Å². The van der Waals surface area contributed by atoms with E-state index in [4.69, 9.17) is 18.9 Å². The summed E-state index contributed by atoms with van der Waals surface area (Å²) in [4.78, 5) is 23.1. The summed E-state index contributed by atoms with van der Waals surface area (Å²) >= 11 is 0. The van der Waals surface area contributed by atoms with E-state index in [2.05, 4.69) is 28.1 Å². The molecule has 0 amide bonds. The van der Waals surface area contributed by atoms with Gasteiger partial charge in [-0.15, -0.1) is 0 Å². The fraction of sp³-hybridized carbons (Fsp3) is 0.933. The molecule has 1 unspecified atom stereocenters. The third-order valence-corrected chi connectivity index (χ3v) is 6.22. The van der Waals surface area contributed by atoms with Crippen molar-refractivity contribution in [3.8, 4) is 0 Å². The summed E-state index contributed by atoms with van der Waals surface area (Å²) in [6.45, 7) is 7.34. The molecule has 0 aliphatic carbocycles. The molecule has 220 valence electrons. The molecule has 0 heterocycles. The molecule has 0 saturated carbocycles. The monoisotopic (exact) mass is 530 g/mol. The molecule has 0 bridgehead atoms. The predicted molar refractivity (Wildman–Crippen MR) is 151 cm³/mol. The number of hydrogen-bond acceptors (Lipinski definition) is 6. The zero-order valence-electron chi connectivity index (χ0n) is 25.0. The number of ether oxygens (including phenoxy) is 4. The molecule has 0 radical (unpaired) electrons. The van der Waals surface area contributed by atoms with Crippen LogP contribution in [0.1, 0.15) is 110 Å². The van der Waals surface area contributed by atoms with E-state index >= 15 is 0 Å². The fourth-order valence-electron chi connectivity index (χ4n) is 3.93. The largest absolute Gasteiger partial charge is 0.457 e. The van der Waals surface area contributed by atoms with Gasteiger partial charge in [0.25, 0.3) is 0 Å².